The third-order valence-corrected chi connectivity index (χ3v) is 2.79. The maximum absolute atomic E-state index is 10.0. The number of rotatable bonds is 4. The van der Waals surface area contributed by atoms with Crippen molar-refractivity contribution in [3.05, 3.63) is 59.7 Å². The molecule has 0 saturated heterocycles. The highest BCUT2D eigenvalue weighted by molar-refractivity contribution is 5.49. The number of benzene rings is 2. The normalized spacial score (nSPS) is 11.6. The van der Waals surface area contributed by atoms with E-state index in [1.165, 1.54) is 0 Å². The molecule has 0 radical (unpaired) electrons. The Kier molecular flexibility index (Phi) is 4.01. The van der Waals surface area contributed by atoms with Crippen molar-refractivity contribution in [2.24, 2.45) is 0 Å². The van der Waals surface area contributed by atoms with E-state index in [0.29, 0.717) is 17.8 Å². The lowest BCUT2D eigenvalue weighted by molar-refractivity contribution is 0.191. The van der Waals surface area contributed by atoms with Crippen molar-refractivity contribution in [1.82, 2.24) is 0 Å². The summed E-state index contributed by atoms with van der Waals surface area (Å²) in [6.07, 6.45) is -0.644. The minimum absolute atomic E-state index is 0.359. The van der Waals surface area contributed by atoms with Crippen LogP contribution in [0.1, 0.15) is 17.2 Å². The summed E-state index contributed by atoms with van der Waals surface area (Å²) in [7, 11) is 0. The van der Waals surface area contributed by atoms with Crippen molar-refractivity contribution >= 4 is 11.4 Å². The fourth-order valence-electron chi connectivity index (χ4n) is 1.80. The summed E-state index contributed by atoms with van der Waals surface area (Å²) in [5.41, 5.74) is 8.46. The van der Waals surface area contributed by atoms with Crippen LogP contribution in [0.25, 0.3) is 0 Å². The highest BCUT2D eigenvalue weighted by atomic mass is 16.3. The Morgan fingerprint density at radius 3 is 2.74 bits per heavy atom. The van der Waals surface area contributed by atoms with Gasteiger partial charge in [0.25, 0.3) is 0 Å². The van der Waals surface area contributed by atoms with Gasteiger partial charge in [-0.3, -0.25) is 0 Å². The zero-order valence-electron chi connectivity index (χ0n) is 10.4. The Hall–Kier alpha value is -2.51. The third-order valence-electron chi connectivity index (χ3n) is 2.79. The smallest absolute Gasteiger partial charge is 0.0992 e. The highest BCUT2D eigenvalue weighted by Crippen LogP contribution is 2.17. The summed E-state index contributed by atoms with van der Waals surface area (Å²) in [4.78, 5) is 0. The first-order chi connectivity index (χ1) is 9.19. The van der Waals surface area contributed by atoms with E-state index in [0.717, 1.165) is 11.3 Å². The van der Waals surface area contributed by atoms with Crippen LogP contribution in [0.3, 0.4) is 0 Å². The van der Waals surface area contributed by atoms with E-state index in [-0.39, 0.29) is 0 Å². The van der Waals surface area contributed by atoms with Crippen molar-refractivity contribution < 1.29 is 5.11 Å². The monoisotopic (exact) mass is 253 g/mol. The summed E-state index contributed by atoms with van der Waals surface area (Å²) in [5, 5.41) is 22.0. The molecule has 0 saturated carbocycles. The predicted molar refractivity (Wildman–Crippen MR) is 75.5 cm³/mol. The minimum Gasteiger partial charge on any atom is -0.399 e. The second-order valence-electron chi connectivity index (χ2n) is 4.26. The lowest BCUT2D eigenvalue weighted by Crippen LogP contribution is -2.12. The number of hydrogen-bond acceptors (Lipinski definition) is 4. The van der Waals surface area contributed by atoms with Gasteiger partial charge in [-0.2, -0.15) is 5.26 Å². The first kappa shape index (κ1) is 12.9. The number of aliphatic hydroxyl groups is 1. The lowest BCUT2D eigenvalue weighted by atomic mass is 10.1. The van der Waals surface area contributed by atoms with E-state index in [1.807, 2.05) is 18.2 Å². The summed E-state index contributed by atoms with van der Waals surface area (Å²) in [6, 6.07) is 16.4. The first-order valence-corrected chi connectivity index (χ1v) is 5.96. The van der Waals surface area contributed by atoms with Crippen LogP contribution in [0.5, 0.6) is 0 Å². The molecule has 0 fully saturated rings. The average Bonchev–Trinajstić information content (AvgIpc) is 2.45. The Labute approximate surface area is 112 Å². The van der Waals surface area contributed by atoms with Crippen LogP contribution in [-0.4, -0.2) is 11.7 Å². The quantitative estimate of drug-likeness (QED) is 0.730. The van der Waals surface area contributed by atoms with E-state index in [4.69, 9.17) is 11.0 Å². The van der Waals surface area contributed by atoms with Gasteiger partial charge in [-0.25, -0.2) is 0 Å². The molecule has 0 aliphatic heterocycles. The molecule has 0 aliphatic rings. The van der Waals surface area contributed by atoms with Gasteiger partial charge in [0.05, 0.1) is 17.7 Å². The van der Waals surface area contributed by atoms with Crippen LogP contribution in [-0.2, 0) is 0 Å². The van der Waals surface area contributed by atoms with E-state index >= 15 is 0 Å². The van der Waals surface area contributed by atoms with Crippen LogP contribution in [0.2, 0.25) is 0 Å². The molecule has 0 aromatic heterocycles. The topological polar surface area (TPSA) is 82.1 Å². The molecule has 0 amide bonds. The third kappa shape index (κ3) is 3.47. The molecule has 2 aromatic carbocycles. The maximum Gasteiger partial charge on any atom is 0.0992 e. The molecular weight excluding hydrogens is 238 g/mol. The Balaban J connectivity index is 2.00. The number of nitrogens with two attached hydrogens (primary N) is 1. The molecule has 1 atom stereocenters. The van der Waals surface area contributed by atoms with Crippen LogP contribution in [0, 0.1) is 11.3 Å². The SMILES string of the molecule is N#Cc1cccc(NCC(O)c2cccc(N)c2)c1. The first-order valence-electron chi connectivity index (χ1n) is 5.96. The van der Waals surface area contributed by atoms with Crippen molar-refractivity contribution in [2.75, 3.05) is 17.6 Å². The maximum atomic E-state index is 10.0. The van der Waals surface area contributed by atoms with Crippen LogP contribution < -0.4 is 11.1 Å². The molecule has 2 rings (SSSR count). The Morgan fingerprint density at radius 2 is 2.00 bits per heavy atom. The molecule has 4 N–H and O–H groups in total. The van der Waals surface area contributed by atoms with Gasteiger partial charge in [0.1, 0.15) is 0 Å². The molecular formula is C15H15N3O. The van der Waals surface area contributed by atoms with E-state index < -0.39 is 6.10 Å². The number of hydrogen-bond donors (Lipinski definition) is 3. The van der Waals surface area contributed by atoms with Crippen molar-refractivity contribution in [3.8, 4) is 6.07 Å². The van der Waals surface area contributed by atoms with Crippen LogP contribution in [0.4, 0.5) is 11.4 Å². The molecule has 0 bridgehead atoms. The van der Waals surface area contributed by atoms with E-state index in [9.17, 15) is 5.11 Å². The van der Waals surface area contributed by atoms with Gasteiger partial charge in [-0.1, -0.05) is 18.2 Å². The largest absolute Gasteiger partial charge is 0.399 e. The molecule has 19 heavy (non-hydrogen) atoms. The number of nitrogens with zero attached hydrogens (tertiary/aromatic N) is 1. The van der Waals surface area contributed by atoms with Gasteiger partial charge in [-0.05, 0) is 35.9 Å². The van der Waals surface area contributed by atoms with Crippen LogP contribution >= 0.6 is 0 Å². The molecule has 2 aromatic rings. The van der Waals surface area contributed by atoms with Crippen molar-refractivity contribution in [1.29, 1.82) is 5.26 Å². The average molecular weight is 253 g/mol. The fourth-order valence-corrected chi connectivity index (χ4v) is 1.80. The summed E-state index contributed by atoms with van der Waals surface area (Å²) < 4.78 is 0. The standard InChI is InChI=1S/C15H15N3O/c16-9-11-3-1-6-14(7-11)18-10-15(19)12-4-2-5-13(17)8-12/h1-8,15,18-19H,10,17H2. The molecule has 4 nitrogen and oxygen atoms in total. The van der Waals surface area contributed by atoms with Gasteiger partial charge in [-0.15, -0.1) is 0 Å². The van der Waals surface area contributed by atoms with Gasteiger partial charge in [0, 0.05) is 17.9 Å². The highest BCUT2D eigenvalue weighted by Gasteiger charge is 2.07. The lowest BCUT2D eigenvalue weighted by Gasteiger charge is -2.13. The molecule has 4 heteroatoms. The molecule has 0 aliphatic carbocycles. The molecule has 1 unspecified atom stereocenters. The second-order valence-corrected chi connectivity index (χ2v) is 4.26. The molecule has 96 valence electrons. The predicted octanol–water partition coefficient (Wildman–Crippen LogP) is 2.29. The number of nitriles is 1. The Bertz CT molecular complexity index is 604. The summed E-state index contributed by atoms with van der Waals surface area (Å²) >= 11 is 0. The Morgan fingerprint density at radius 1 is 1.21 bits per heavy atom. The summed E-state index contributed by atoms with van der Waals surface area (Å²) in [6.45, 7) is 0.359. The zero-order chi connectivity index (χ0) is 13.7. The summed E-state index contributed by atoms with van der Waals surface area (Å²) in [5.74, 6) is 0. The number of nitrogens with one attached hydrogen (secondary N) is 1. The molecule has 0 spiro atoms. The minimum atomic E-state index is -0.644. The number of nitrogen functional groups attached to an aromatic ring is 1. The fraction of sp³-hybridized carbons (Fsp3) is 0.133. The van der Waals surface area contributed by atoms with Gasteiger partial charge >= 0.3 is 0 Å². The van der Waals surface area contributed by atoms with E-state index in [2.05, 4.69) is 11.4 Å². The van der Waals surface area contributed by atoms with Gasteiger partial charge in [0.2, 0.25) is 0 Å². The van der Waals surface area contributed by atoms with Crippen LogP contribution in [0.15, 0.2) is 48.5 Å². The second kappa shape index (κ2) is 5.89. The van der Waals surface area contributed by atoms with Crippen molar-refractivity contribution in [3.63, 3.8) is 0 Å². The van der Waals surface area contributed by atoms with Crippen molar-refractivity contribution in [2.45, 2.75) is 6.10 Å². The number of anilines is 2. The molecule has 0 heterocycles. The zero-order valence-corrected chi connectivity index (χ0v) is 10.4. The van der Waals surface area contributed by atoms with Gasteiger partial charge in [0.15, 0.2) is 0 Å². The van der Waals surface area contributed by atoms with E-state index in [1.54, 1.807) is 30.3 Å². The number of aliphatic hydroxyl groups excluding tert-OH is 1. The van der Waals surface area contributed by atoms with Gasteiger partial charge < -0.3 is 16.2 Å².